The summed E-state index contributed by atoms with van der Waals surface area (Å²) in [5, 5.41) is 9.24. The molecule has 0 aliphatic heterocycles. The number of rotatable bonds is 5. The van der Waals surface area contributed by atoms with Crippen LogP contribution in [0.2, 0.25) is 0 Å². The lowest BCUT2D eigenvalue weighted by molar-refractivity contribution is 0.187. The van der Waals surface area contributed by atoms with Crippen LogP contribution in [0.4, 0.5) is 11.4 Å². The maximum Gasteiger partial charge on any atom is 0.143 e. The van der Waals surface area contributed by atoms with Crippen LogP contribution in [0.15, 0.2) is 18.2 Å². The molecular weight excluding hydrogens is 204 g/mol. The maximum absolute atomic E-state index is 9.24. The number of aliphatic hydroxyl groups is 1. The molecule has 0 spiro atoms. The number of benzene rings is 1. The molecule has 0 aliphatic carbocycles. The van der Waals surface area contributed by atoms with E-state index < -0.39 is 0 Å². The molecule has 0 heterocycles. The molecule has 1 unspecified atom stereocenters. The fraction of sp³-hybridized carbons (Fsp3) is 0.500. The van der Waals surface area contributed by atoms with Gasteiger partial charge in [-0.3, -0.25) is 0 Å². The zero-order valence-electron chi connectivity index (χ0n) is 10.1. The van der Waals surface area contributed by atoms with Gasteiger partial charge in [0.25, 0.3) is 0 Å². The van der Waals surface area contributed by atoms with Crippen molar-refractivity contribution in [2.24, 2.45) is 0 Å². The normalized spacial score (nSPS) is 12.2. The number of nitrogens with two attached hydrogens (primary N) is 1. The quantitative estimate of drug-likeness (QED) is 0.744. The number of hydrogen-bond acceptors (Lipinski definition) is 4. The SMILES string of the molecule is COc1cccc(N(C)CCC(C)O)c1N. The van der Waals surface area contributed by atoms with Crippen LogP contribution < -0.4 is 15.4 Å². The van der Waals surface area contributed by atoms with Crippen molar-refractivity contribution in [1.29, 1.82) is 0 Å². The van der Waals surface area contributed by atoms with Gasteiger partial charge < -0.3 is 20.5 Å². The van der Waals surface area contributed by atoms with E-state index in [2.05, 4.69) is 0 Å². The molecular formula is C12H20N2O2. The van der Waals surface area contributed by atoms with E-state index >= 15 is 0 Å². The van der Waals surface area contributed by atoms with E-state index in [0.717, 1.165) is 12.2 Å². The Hall–Kier alpha value is -1.42. The fourth-order valence-electron chi connectivity index (χ4n) is 1.54. The van der Waals surface area contributed by atoms with E-state index in [1.807, 2.05) is 30.1 Å². The van der Waals surface area contributed by atoms with Crippen molar-refractivity contribution < 1.29 is 9.84 Å². The predicted molar refractivity (Wildman–Crippen MR) is 67.0 cm³/mol. The Morgan fingerprint density at radius 2 is 2.19 bits per heavy atom. The molecule has 0 amide bonds. The average molecular weight is 224 g/mol. The summed E-state index contributed by atoms with van der Waals surface area (Å²) in [7, 11) is 3.55. The minimum absolute atomic E-state index is 0.297. The van der Waals surface area contributed by atoms with Crippen molar-refractivity contribution in [1.82, 2.24) is 0 Å². The van der Waals surface area contributed by atoms with Gasteiger partial charge in [0, 0.05) is 13.6 Å². The standard InChI is InChI=1S/C12H20N2O2/c1-9(15)7-8-14(2)10-5-4-6-11(16-3)12(10)13/h4-6,9,15H,7-8,13H2,1-3H3. The highest BCUT2D eigenvalue weighted by Crippen LogP contribution is 2.31. The molecule has 4 nitrogen and oxygen atoms in total. The van der Waals surface area contributed by atoms with Crippen LogP contribution in [0.5, 0.6) is 5.75 Å². The first-order valence-corrected chi connectivity index (χ1v) is 5.38. The van der Waals surface area contributed by atoms with Crippen molar-refractivity contribution in [3.8, 4) is 5.75 Å². The highest BCUT2D eigenvalue weighted by atomic mass is 16.5. The van der Waals surface area contributed by atoms with Crippen molar-refractivity contribution in [2.45, 2.75) is 19.4 Å². The topological polar surface area (TPSA) is 58.7 Å². The van der Waals surface area contributed by atoms with Gasteiger partial charge in [-0.25, -0.2) is 0 Å². The molecule has 0 radical (unpaired) electrons. The first-order valence-electron chi connectivity index (χ1n) is 5.38. The highest BCUT2D eigenvalue weighted by molar-refractivity contribution is 5.73. The summed E-state index contributed by atoms with van der Waals surface area (Å²) >= 11 is 0. The van der Waals surface area contributed by atoms with E-state index in [-0.39, 0.29) is 6.10 Å². The van der Waals surface area contributed by atoms with E-state index in [4.69, 9.17) is 10.5 Å². The lowest BCUT2D eigenvalue weighted by Crippen LogP contribution is -2.22. The van der Waals surface area contributed by atoms with Crippen LogP contribution in [-0.2, 0) is 0 Å². The molecule has 3 N–H and O–H groups in total. The summed E-state index contributed by atoms with van der Waals surface area (Å²) < 4.78 is 5.16. The van der Waals surface area contributed by atoms with Gasteiger partial charge in [0.05, 0.1) is 24.6 Å². The first kappa shape index (κ1) is 12.6. The third-order valence-corrected chi connectivity index (χ3v) is 2.56. The van der Waals surface area contributed by atoms with Crippen molar-refractivity contribution >= 4 is 11.4 Å². The fourth-order valence-corrected chi connectivity index (χ4v) is 1.54. The van der Waals surface area contributed by atoms with Gasteiger partial charge in [-0.15, -0.1) is 0 Å². The first-order chi connectivity index (χ1) is 7.56. The number of aliphatic hydroxyl groups excluding tert-OH is 1. The third-order valence-electron chi connectivity index (χ3n) is 2.56. The molecule has 0 bridgehead atoms. The summed E-state index contributed by atoms with van der Waals surface area (Å²) in [6, 6.07) is 5.69. The van der Waals surface area contributed by atoms with Gasteiger partial charge in [-0.05, 0) is 25.5 Å². The summed E-state index contributed by atoms with van der Waals surface area (Å²) in [6.45, 7) is 2.54. The van der Waals surface area contributed by atoms with Crippen LogP contribution in [-0.4, -0.2) is 31.9 Å². The molecule has 0 saturated carbocycles. The van der Waals surface area contributed by atoms with Gasteiger partial charge in [-0.1, -0.05) is 6.07 Å². The summed E-state index contributed by atoms with van der Waals surface area (Å²) in [6.07, 6.45) is 0.418. The summed E-state index contributed by atoms with van der Waals surface area (Å²) in [5.74, 6) is 0.682. The molecule has 0 saturated heterocycles. The maximum atomic E-state index is 9.24. The summed E-state index contributed by atoms with van der Waals surface area (Å²) in [4.78, 5) is 2.02. The Bertz CT molecular complexity index is 340. The van der Waals surface area contributed by atoms with Crippen molar-refractivity contribution in [3.63, 3.8) is 0 Å². The smallest absolute Gasteiger partial charge is 0.143 e. The minimum Gasteiger partial charge on any atom is -0.495 e. The molecule has 1 aromatic carbocycles. The molecule has 0 aromatic heterocycles. The Labute approximate surface area is 96.6 Å². The number of anilines is 2. The van der Waals surface area contributed by atoms with Gasteiger partial charge in [0.15, 0.2) is 0 Å². The second-order valence-electron chi connectivity index (χ2n) is 3.95. The van der Waals surface area contributed by atoms with Crippen LogP contribution in [0.25, 0.3) is 0 Å². The molecule has 16 heavy (non-hydrogen) atoms. The third kappa shape index (κ3) is 3.03. The number of para-hydroxylation sites is 1. The molecule has 0 aliphatic rings. The Morgan fingerprint density at radius 3 is 2.75 bits per heavy atom. The Morgan fingerprint density at radius 1 is 1.50 bits per heavy atom. The number of nitrogen functional groups attached to an aromatic ring is 1. The zero-order valence-corrected chi connectivity index (χ0v) is 10.1. The molecule has 4 heteroatoms. The minimum atomic E-state index is -0.297. The summed E-state index contributed by atoms with van der Waals surface area (Å²) in [5.41, 5.74) is 7.54. The van der Waals surface area contributed by atoms with Crippen molar-refractivity contribution in [3.05, 3.63) is 18.2 Å². The molecule has 1 atom stereocenters. The zero-order chi connectivity index (χ0) is 12.1. The van der Waals surface area contributed by atoms with Gasteiger partial charge in [0.2, 0.25) is 0 Å². The largest absolute Gasteiger partial charge is 0.495 e. The monoisotopic (exact) mass is 224 g/mol. The number of nitrogens with zero attached hydrogens (tertiary/aromatic N) is 1. The average Bonchev–Trinajstić information content (AvgIpc) is 2.26. The molecule has 1 rings (SSSR count). The second-order valence-corrected chi connectivity index (χ2v) is 3.95. The highest BCUT2D eigenvalue weighted by Gasteiger charge is 2.09. The van der Waals surface area contributed by atoms with E-state index in [0.29, 0.717) is 17.9 Å². The van der Waals surface area contributed by atoms with E-state index in [9.17, 15) is 5.11 Å². The number of ether oxygens (including phenoxy) is 1. The Balaban J connectivity index is 2.78. The predicted octanol–water partition coefficient (Wildman–Crippen LogP) is 1.48. The van der Waals surface area contributed by atoms with Crippen LogP contribution >= 0.6 is 0 Å². The number of methoxy groups -OCH3 is 1. The second kappa shape index (κ2) is 5.61. The van der Waals surface area contributed by atoms with Gasteiger partial charge >= 0.3 is 0 Å². The molecule has 90 valence electrons. The molecule has 1 aromatic rings. The van der Waals surface area contributed by atoms with Gasteiger partial charge in [0.1, 0.15) is 5.75 Å². The molecule has 0 fully saturated rings. The van der Waals surface area contributed by atoms with Crippen LogP contribution in [0, 0.1) is 0 Å². The number of hydrogen-bond donors (Lipinski definition) is 2. The van der Waals surface area contributed by atoms with E-state index in [1.54, 1.807) is 14.0 Å². The van der Waals surface area contributed by atoms with E-state index in [1.165, 1.54) is 0 Å². The Kier molecular flexibility index (Phi) is 4.43. The van der Waals surface area contributed by atoms with Crippen molar-refractivity contribution in [2.75, 3.05) is 31.3 Å². The van der Waals surface area contributed by atoms with Crippen LogP contribution in [0.3, 0.4) is 0 Å². The lowest BCUT2D eigenvalue weighted by Gasteiger charge is -2.22. The lowest BCUT2D eigenvalue weighted by atomic mass is 10.2. The van der Waals surface area contributed by atoms with Gasteiger partial charge in [-0.2, -0.15) is 0 Å². The van der Waals surface area contributed by atoms with Crippen LogP contribution in [0.1, 0.15) is 13.3 Å².